The maximum atomic E-state index is 10.4. The maximum absolute atomic E-state index is 10.4. The summed E-state index contributed by atoms with van der Waals surface area (Å²) < 4.78 is 2.12. The van der Waals surface area contributed by atoms with E-state index >= 15 is 0 Å². The topological polar surface area (TPSA) is 48.1 Å². The Bertz CT molecular complexity index is 582. The number of rotatable bonds is 3. The van der Waals surface area contributed by atoms with E-state index in [9.17, 15) is 10.1 Å². The van der Waals surface area contributed by atoms with Crippen LogP contribution in [0.1, 0.15) is 25.5 Å². The Balaban J connectivity index is 2.60. The third-order valence-electron chi connectivity index (χ3n) is 2.70. The lowest BCUT2D eigenvalue weighted by molar-refractivity contribution is -0.400. The molecule has 0 saturated heterocycles. The summed E-state index contributed by atoms with van der Waals surface area (Å²) in [4.78, 5) is 9.92. The van der Waals surface area contributed by atoms with E-state index in [0.717, 1.165) is 22.7 Å². The largest absolute Gasteiger partial charge is 0.344 e. The average molecular weight is 230 g/mol. The molecule has 0 spiro atoms. The van der Waals surface area contributed by atoms with Crippen molar-refractivity contribution in [2.24, 2.45) is 0 Å². The van der Waals surface area contributed by atoms with Gasteiger partial charge in [-0.05, 0) is 19.9 Å². The molecule has 0 unspecified atom stereocenters. The van der Waals surface area contributed by atoms with E-state index in [1.54, 1.807) is 6.08 Å². The summed E-state index contributed by atoms with van der Waals surface area (Å²) in [6.45, 7) is 4.18. The van der Waals surface area contributed by atoms with Gasteiger partial charge in [0.25, 0.3) is 0 Å². The van der Waals surface area contributed by atoms with E-state index in [2.05, 4.69) is 18.4 Å². The van der Waals surface area contributed by atoms with Crippen LogP contribution in [0.5, 0.6) is 0 Å². The summed E-state index contributed by atoms with van der Waals surface area (Å²) in [5.41, 5.74) is 1.98. The van der Waals surface area contributed by atoms with Crippen molar-refractivity contribution in [1.82, 2.24) is 4.57 Å². The van der Waals surface area contributed by atoms with Gasteiger partial charge in [-0.25, -0.2) is 0 Å². The van der Waals surface area contributed by atoms with Gasteiger partial charge in [-0.3, -0.25) is 10.1 Å². The maximum Gasteiger partial charge on any atom is 0.235 e. The fraction of sp³-hybridized carbons (Fsp3) is 0.231. The Hall–Kier alpha value is -2.10. The first-order valence-corrected chi connectivity index (χ1v) is 5.51. The molecule has 17 heavy (non-hydrogen) atoms. The van der Waals surface area contributed by atoms with E-state index in [0.29, 0.717) is 6.04 Å². The molecule has 0 amide bonds. The van der Waals surface area contributed by atoms with E-state index in [4.69, 9.17) is 0 Å². The number of aromatic nitrogens is 1. The van der Waals surface area contributed by atoms with Crippen LogP contribution >= 0.6 is 0 Å². The minimum absolute atomic E-state index is 0.331. The Morgan fingerprint density at radius 2 is 2.06 bits per heavy atom. The number of hydrogen-bond acceptors (Lipinski definition) is 2. The SMILES string of the molecule is CC(C)n1cc(/C=C/[N+](=O)[O-])c2ccccc21. The molecule has 2 aromatic rings. The molecule has 1 aromatic carbocycles. The van der Waals surface area contributed by atoms with Gasteiger partial charge in [0.15, 0.2) is 0 Å². The minimum Gasteiger partial charge on any atom is -0.344 e. The second kappa shape index (κ2) is 4.41. The molecule has 1 heterocycles. The standard InChI is InChI=1S/C13H14N2O2/c1-10(2)14-9-11(7-8-15(16)17)12-5-3-4-6-13(12)14/h3-10H,1-2H3/b8-7+. The van der Waals surface area contributed by atoms with Crippen molar-refractivity contribution in [2.75, 3.05) is 0 Å². The monoisotopic (exact) mass is 230 g/mol. The van der Waals surface area contributed by atoms with Gasteiger partial charge in [0.2, 0.25) is 6.20 Å². The first kappa shape index (κ1) is 11.4. The van der Waals surface area contributed by atoms with Gasteiger partial charge in [0.1, 0.15) is 0 Å². The zero-order chi connectivity index (χ0) is 12.4. The predicted molar refractivity (Wildman–Crippen MR) is 68.4 cm³/mol. The lowest BCUT2D eigenvalue weighted by Gasteiger charge is -2.08. The van der Waals surface area contributed by atoms with Gasteiger partial charge in [0, 0.05) is 34.8 Å². The van der Waals surface area contributed by atoms with E-state index in [1.165, 1.54) is 0 Å². The molecule has 0 bridgehead atoms. The summed E-state index contributed by atoms with van der Waals surface area (Å²) >= 11 is 0. The number of hydrogen-bond donors (Lipinski definition) is 0. The fourth-order valence-corrected chi connectivity index (χ4v) is 1.93. The highest BCUT2D eigenvalue weighted by Crippen LogP contribution is 2.25. The molecule has 1 aromatic heterocycles. The van der Waals surface area contributed by atoms with Crippen molar-refractivity contribution >= 4 is 17.0 Å². The highest BCUT2D eigenvalue weighted by molar-refractivity contribution is 5.89. The molecule has 0 N–H and O–H groups in total. The minimum atomic E-state index is -0.443. The van der Waals surface area contributed by atoms with Gasteiger partial charge in [-0.1, -0.05) is 18.2 Å². The quantitative estimate of drug-likeness (QED) is 0.598. The van der Waals surface area contributed by atoms with Crippen LogP contribution in [0.25, 0.3) is 17.0 Å². The number of fused-ring (bicyclic) bond motifs is 1. The summed E-state index contributed by atoms with van der Waals surface area (Å²) in [7, 11) is 0. The van der Waals surface area contributed by atoms with Crippen LogP contribution in [0, 0.1) is 10.1 Å². The Morgan fingerprint density at radius 1 is 1.35 bits per heavy atom. The molecule has 0 aliphatic heterocycles. The van der Waals surface area contributed by atoms with Crippen LogP contribution in [0.3, 0.4) is 0 Å². The smallest absolute Gasteiger partial charge is 0.235 e. The van der Waals surface area contributed by atoms with Gasteiger partial charge in [0.05, 0.1) is 4.92 Å². The highest BCUT2D eigenvalue weighted by atomic mass is 16.6. The summed E-state index contributed by atoms with van der Waals surface area (Å²) in [6, 6.07) is 8.25. The van der Waals surface area contributed by atoms with Gasteiger partial charge in [-0.2, -0.15) is 0 Å². The molecule has 0 radical (unpaired) electrons. The zero-order valence-electron chi connectivity index (χ0n) is 9.83. The van der Waals surface area contributed by atoms with Crippen molar-refractivity contribution in [3.05, 3.63) is 52.3 Å². The molecular formula is C13H14N2O2. The molecule has 0 saturated carbocycles. The number of benzene rings is 1. The molecule has 2 rings (SSSR count). The van der Waals surface area contributed by atoms with Crippen LogP contribution in [0.15, 0.2) is 36.7 Å². The summed E-state index contributed by atoms with van der Waals surface area (Å²) in [6.07, 6.45) is 4.48. The molecule has 4 heteroatoms. The highest BCUT2D eigenvalue weighted by Gasteiger charge is 2.08. The average Bonchev–Trinajstić information content (AvgIpc) is 2.65. The van der Waals surface area contributed by atoms with Crippen molar-refractivity contribution in [3.63, 3.8) is 0 Å². The van der Waals surface area contributed by atoms with E-state index < -0.39 is 4.92 Å². The fourth-order valence-electron chi connectivity index (χ4n) is 1.93. The van der Waals surface area contributed by atoms with Gasteiger partial charge < -0.3 is 4.57 Å². The molecule has 4 nitrogen and oxygen atoms in total. The van der Waals surface area contributed by atoms with Crippen LogP contribution < -0.4 is 0 Å². The number of para-hydroxylation sites is 1. The molecule has 0 atom stereocenters. The van der Waals surface area contributed by atoms with Crippen molar-refractivity contribution in [3.8, 4) is 0 Å². The summed E-state index contributed by atoms with van der Waals surface area (Å²) in [5, 5.41) is 11.4. The molecule has 88 valence electrons. The Kier molecular flexibility index (Phi) is 2.95. The van der Waals surface area contributed by atoms with Crippen molar-refractivity contribution < 1.29 is 4.92 Å². The molecule has 0 aliphatic carbocycles. The molecule has 0 fully saturated rings. The third kappa shape index (κ3) is 2.20. The van der Waals surface area contributed by atoms with E-state index in [-0.39, 0.29) is 0 Å². The Morgan fingerprint density at radius 3 is 2.71 bits per heavy atom. The van der Waals surface area contributed by atoms with Crippen LogP contribution in [-0.4, -0.2) is 9.49 Å². The first-order valence-electron chi connectivity index (χ1n) is 5.51. The molecular weight excluding hydrogens is 216 g/mol. The second-order valence-corrected chi connectivity index (χ2v) is 4.20. The lowest BCUT2D eigenvalue weighted by Crippen LogP contribution is -1.97. The lowest BCUT2D eigenvalue weighted by atomic mass is 10.2. The third-order valence-corrected chi connectivity index (χ3v) is 2.70. The van der Waals surface area contributed by atoms with E-state index in [1.807, 2.05) is 30.5 Å². The van der Waals surface area contributed by atoms with Crippen LogP contribution in [0.4, 0.5) is 0 Å². The van der Waals surface area contributed by atoms with Crippen LogP contribution in [-0.2, 0) is 0 Å². The number of nitro groups is 1. The van der Waals surface area contributed by atoms with Crippen molar-refractivity contribution in [2.45, 2.75) is 19.9 Å². The van der Waals surface area contributed by atoms with Gasteiger partial charge >= 0.3 is 0 Å². The zero-order valence-corrected chi connectivity index (χ0v) is 9.83. The Labute approximate surface area is 99.3 Å². The second-order valence-electron chi connectivity index (χ2n) is 4.20. The normalized spacial score (nSPS) is 11.7. The predicted octanol–water partition coefficient (Wildman–Crippen LogP) is 3.47. The number of nitrogens with zero attached hydrogens (tertiary/aromatic N) is 2. The summed E-state index contributed by atoms with van der Waals surface area (Å²) in [5.74, 6) is 0. The van der Waals surface area contributed by atoms with Crippen LogP contribution in [0.2, 0.25) is 0 Å². The molecule has 0 aliphatic rings. The first-order chi connectivity index (χ1) is 8.09. The van der Waals surface area contributed by atoms with Gasteiger partial charge in [-0.15, -0.1) is 0 Å². The van der Waals surface area contributed by atoms with Crippen molar-refractivity contribution in [1.29, 1.82) is 0 Å².